The lowest BCUT2D eigenvalue weighted by Gasteiger charge is -2.23. The van der Waals surface area contributed by atoms with Crippen molar-refractivity contribution in [1.29, 1.82) is 0 Å². The lowest BCUT2D eigenvalue weighted by molar-refractivity contribution is -0.130. The van der Waals surface area contributed by atoms with Gasteiger partial charge in [-0.3, -0.25) is 4.79 Å². The standard InChI is InChI=1S/C8H13NO/c1-3-7-4-5-9(2)8(10)6-7/h3H,4-6H2,1-2H3. The summed E-state index contributed by atoms with van der Waals surface area (Å²) in [6.45, 7) is 2.88. The van der Waals surface area contributed by atoms with Gasteiger partial charge in [-0.25, -0.2) is 0 Å². The van der Waals surface area contributed by atoms with Crippen molar-refractivity contribution in [1.82, 2.24) is 4.90 Å². The first-order chi connectivity index (χ1) is 4.74. The maximum absolute atomic E-state index is 11.0. The van der Waals surface area contributed by atoms with Crippen molar-refractivity contribution in [3.63, 3.8) is 0 Å². The average Bonchev–Trinajstić information content (AvgIpc) is 1.95. The van der Waals surface area contributed by atoms with Crippen LogP contribution in [0.2, 0.25) is 0 Å². The van der Waals surface area contributed by atoms with E-state index in [9.17, 15) is 4.79 Å². The molecule has 0 saturated carbocycles. The molecule has 0 unspecified atom stereocenters. The predicted octanol–water partition coefficient (Wildman–Crippen LogP) is 1.18. The Bertz CT molecular complexity index is 172. The molecule has 1 aliphatic heterocycles. The number of hydrogen-bond acceptors (Lipinski definition) is 1. The first-order valence-electron chi connectivity index (χ1n) is 3.62. The minimum atomic E-state index is 0.249. The molecule has 0 aromatic rings. The quantitative estimate of drug-likeness (QED) is 0.461. The molecule has 0 aromatic carbocycles. The van der Waals surface area contributed by atoms with E-state index >= 15 is 0 Å². The Labute approximate surface area is 61.5 Å². The van der Waals surface area contributed by atoms with Crippen molar-refractivity contribution < 1.29 is 4.79 Å². The van der Waals surface area contributed by atoms with E-state index in [4.69, 9.17) is 0 Å². The molecule has 1 heterocycles. The molecule has 0 radical (unpaired) electrons. The van der Waals surface area contributed by atoms with E-state index in [-0.39, 0.29) is 5.91 Å². The third kappa shape index (κ3) is 1.38. The van der Waals surface area contributed by atoms with E-state index in [1.165, 1.54) is 5.57 Å². The number of hydrogen-bond donors (Lipinski definition) is 0. The number of piperidine rings is 1. The number of likely N-dealkylation sites (tertiary alicyclic amines) is 1. The molecule has 1 saturated heterocycles. The van der Waals surface area contributed by atoms with Gasteiger partial charge in [0.05, 0.1) is 0 Å². The van der Waals surface area contributed by atoms with Crippen LogP contribution in [0.25, 0.3) is 0 Å². The molecule has 10 heavy (non-hydrogen) atoms. The van der Waals surface area contributed by atoms with Gasteiger partial charge < -0.3 is 4.90 Å². The number of nitrogens with zero attached hydrogens (tertiary/aromatic N) is 1. The summed E-state index contributed by atoms with van der Waals surface area (Å²) in [6, 6.07) is 0. The third-order valence-electron chi connectivity index (χ3n) is 1.98. The van der Waals surface area contributed by atoms with Crippen LogP contribution in [0.4, 0.5) is 0 Å². The Kier molecular flexibility index (Phi) is 2.10. The highest BCUT2D eigenvalue weighted by atomic mass is 16.2. The largest absolute Gasteiger partial charge is 0.345 e. The lowest BCUT2D eigenvalue weighted by atomic mass is 10.0. The van der Waals surface area contributed by atoms with Crippen molar-refractivity contribution in [2.45, 2.75) is 19.8 Å². The van der Waals surface area contributed by atoms with Crippen molar-refractivity contribution >= 4 is 5.91 Å². The summed E-state index contributed by atoms with van der Waals surface area (Å²) in [4.78, 5) is 12.8. The van der Waals surface area contributed by atoms with Gasteiger partial charge in [0, 0.05) is 20.0 Å². The van der Waals surface area contributed by atoms with E-state index in [1.54, 1.807) is 4.90 Å². The van der Waals surface area contributed by atoms with Crippen molar-refractivity contribution in [2.75, 3.05) is 13.6 Å². The van der Waals surface area contributed by atoms with Gasteiger partial charge in [-0.05, 0) is 13.3 Å². The third-order valence-corrected chi connectivity index (χ3v) is 1.98. The fourth-order valence-corrected chi connectivity index (χ4v) is 1.10. The Balaban J connectivity index is 2.57. The van der Waals surface area contributed by atoms with Gasteiger partial charge in [-0.1, -0.05) is 11.6 Å². The van der Waals surface area contributed by atoms with Crippen LogP contribution in [-0.4, -0.2) is 24.4 Å². The molecule has 0 aromatic heterocycles. The van der Waals surface area contributed by atoms with Crippen molar-refractivity contribution in [3.8, 4) is 0 Å². The first kappa shape index (κ1) is 7.32. The van der Waals surface area contributed by atoms with Crippen LogP contribution in [0.15, 0.2) is 11.6 Å². The Hall–Kier alpha value is -0.790. The molecule has 1 fully saturated rings. The maximum Gasteiger partial charge on any atom is 0.226 e. The van der Waals surface area contributed by atoms with E-state index in [2.05, 4.69) is 0 Å². The van der Waals surface area contributed by atoms with Gasteiger partial charge in [0.25, 0.3) is 0 Å². The molecule has 1 aliphatic rings. The molecule has 2 nitrogen and oxygen atoms in total. The summed E-state index contributed by atoms with van der Waals surface area (Å²) < 4.78 is 0. The molecular formula is C8H13NO. The monoisotopic (exact) mass is 139 g/mol. The van der Waals surface area contributed by atoms with Gasteiger partial charge in [0.1, 0.15) is 0 Å². The molecule has 0 bridgehead atoms. The minimum Gasteiger partial charge on any atom is -0.345 e. The second kappa shape index (κ2) is 2.86. The van der Waals surface area contributed by atoms with Crippen LogP contribution in [0, 0.1) is 0 Å². The summed E-state index contributed by atoms with van der Waals surface area (Å²) in [5.41, 5.74) is 1.28. The van der Waals surface area contributed by atoms with Crippen LogP contribution in [-0.2, 0) is 4.79 Å². The molecule has 56 valence electrons. The second-order valence-corrected chi connectivity index (χ2v) is 2.69. The zero-order valence-electron chi connectivity index (χ0n) is 6.55. The highest BCUT2D eigenvalue weighted by Crippen LogP contribution is 2.14. The number of rotatable bonds is 0. The normalized spacial score (nSPS) is 24.0. The Morgan fingerprint density at radius 2 is 2.30 bits per heavy atom. The molecule has 0 N–H and O–H groups in total. The van der Waals surface area contributed by atoms with E-state index in [0.29, 0.717) is 6.42 Å². The second-order valence-electron chi connectivity index (χ2n) is 2.69. The number of allylic oxidation sites excluding steroid dienone is 1. The van der Waals surface area contributed by atoms with E-state index < -0.39 is 0 Å². The SMILES string of the molecule is CC=C1CCN(C)C(=O)C1. The van der Waals surface area contributed by atoms with Gasteiger partial charge in [-0.15, -0.1) is 0 Å². The summed E-state index contributed by atoms with van der Waals surface area (Å²) in [5, 5.41) is 0. The zero-order chi connectivity index (χ0) is 7.56. The van der Waals surface area contributed by atoms with Crippen molar-refractivity contribution in [3.05, 3.63) is 11.6 Å². The van der Waals surface area contributed by atoms with Crippen LogP contribution >= 0.6 is 0 Å². The highest BCUT2D eigenvalue weighted by Gasteiger charge is 2.16. The van der Waals surface area contributed by atoms with Crippen molar-refractivity contribution in [2.24, 2.45) is 0 Å². The van der Waals surface area contributed by atoms with E-state index in [1.807, 2.05) is 20.0 Å². The summed E-state index contributed by atoms with van der Waals surface area (Å²) in [5.74, 6) is 0.249. The molecule has 0 aliphatic carbocycles. The van der Waals surface area contributed by atoms with Gasteiger partial charge in [0.15, 0.2) is 0 Å². The fourth-order valence-electron chi connectivity index (χ4n) is 1.10. The highest BCUT2D eigenvalue weighted by molar-refractivity contribution is 5.79. The summed E-state index contributed by atoms with van der Waals surface area (Å²) in [6.07, 6.45) is 3.73. The Morgan fingerprint density at radius 3 is 2.80 bits per heavy atom. The summed E-state index contributed by atoms with van der Waals surface area (Å²) >= 11 is 0. The molecule has 2 heteroatoms. The molecule has 0 spiro atoms. The fraction of sp³-hybridized carbons (Fsp3) is 0.625. The summed E-state index contributed by atoms with van der Waals surface area (Å²) in [7, 11) is 1.86. The molecular weight excluding hydrogens is 126 g/mol. The number of carbonyl (C=O) groups is 1. The van der Waals surface area contributed by atoms with Gasteiger partial charge in [-0.2, -0.15) is 0 Å². The van der Waals surface area contributed by atoms with Crippen LogP contribution in [0.5, 0.6) is 0 Å². The number of carbonyl (C=O) groups excluding carboxylic acids is 1. The average molecular weight is 139 g/mol. The number of amides is 1. The van der Waals surface area contributed by atoms with Crippen LogP contribution < -0.4 is 0 Å². The predicted molar refractivity (Wildman–Crippen MR) is 40.6 cm³/mol. The first-order valence-corrected chi connectivity index (χ1v) is 3.62. The molecule has 0 atom stereocenters. The van der Waals surface area contributed by atoms with E-state index in [0.717, 1.165) is 13.0 Å². The maximum atomic E-state index is 11.0. The smallest absolute Gasteiger partial charge is 0.226 e. The van der Waals surface area contributed by atoms with Crippen LogP contribution in [0.3, 0.4) is 0 Å². The zero-order valence-corrected chi connectivity index (χ0v) is 6.55. The lowest BCUT2D eigenvalue weighted by Crippen LogP contribution is -2.32. The van der Waals surface area contributed by atoms with Gasteiger partial charge >= 0.3 is 0 Å². The van der Waals surface area contributed by atoms with Gasteiger partial charge in [0.2, 0.25) is 5.91 Å². The Morgan fingerprint density at radius 1 is 1.60 bits per heavy atom. The minimum absolute atomic E-state index is 0.249. The van der Waals surface area contributed by atoms with Crippen LogP contribution in [0.1, 0.15) is 19.8 Å². The topological polar surface area (TPSA) is 20.3 Å². The molecule has 1 rings (SSSR count). The molecule has 1 amide bonds.